The molecule has 0 nitrogen and oxygen atoms in total. The molecule has 3 heteroatoms. The van der Waals surface area contributed by atoms with E-state index >= 15 is 0 Å². The van der Waals surface area contributed by atoms with Crippen molar-refractivity contribution in [2.45, 2.75) is 12.8 Å². The van der Waals surface area contributed by atoms with Gasteiger partial charge in [0.05, 0.1) is 0 Å². The van der Waals surface area contributed by atoms with Crippen LogP contribution in [0.4, 0.5) is 0 Å². The van der Waals surface area contributed by atoms with Crippen LogP contribution >= 0.6 is 35.0 Å². The first-order valence-corrected chi connectivity index (χ1v) is 5.34. The lowest BCUT2D eigenvalue weighted by atomic mass is 10.6. The molecule has 0 spiro atoms. The monoisotopic (exact) mass is 186 g/mol. The molecule has 0 aromatic rings. The Morgan fingerprint density at radius 3 is 1.67 bits per heavy atom. The van der Waals surface area contributed by atoms with Gasteiger partial charge in [0.2, 0.25) is 0 Å². The molecule has 0 saturated carbocycles. The van der Waals surface area contributed by atoms with E-state index in [-0.39, 0.29) is 0 Å². The summed E-state index contributed by atoms with van der Waals surface area (Å²) in [5.41, 5.74) is 0. The van der Waals surface area contributed by atoms with Crippen molar-refractivity contribution in [1.82, 2.24) is 0 Å². The maximum absolute atomic E-state index is 5.47. The number of hydrogen-bond donors (Lipinski definition) is 0. The summed E-state index contributed by atoms with van der Waals surface area (Å²) in [6, 6.07) is 0. The number of halogens is 2. The van der Waals surface area contributed by atoms with Crippen molar-refractivity contribution < 1.29 is 0 Å². The average Bonchev–Trinajstić information content (AvgIpc) is 1.89. The fourth-order valence-corrected chi connectivity index (χ4v) is 1.90. The molecule has 0 rings (SSSR count). The van der Waals surface area contributed by atoms with Gasteiger partial charge in [-0.3, -0.25) is 0 Å². The third-order valence-electron chi connectivity index (χ3n) is 0.845. The van der Waals surface area contributed by atoms with E-state index in [2.05, 4.69) is 0 Å². The molecule has 9 heavy (non-hydrogen) atoms. The molecular weight excluding hydrogens is 175 g/mol. The fourth-order valence-electron chi connectivity index (χ4n) is 0.415. The van der Waals surface area contributed by atoms with Gasteiger partial charge in [0.25, 0.3) is 0 Å². The lowest BCUT2D eigenvalue weighted by molar-refractivity contribution is 1.08. The van der Waals surface area contributed by atoms with E-state index < -0.39 is 0 Å². The second-order valence-electron chi connectivity index (χ2n) is 1.70. The van der Waals surface area contributed by atoms with Gasteiger partial charge in [-0.05, 0) is 24.3 Å². The van der Waals surface area contributed by atoms with Crippen molar-refractivity contribution in [1.29, 1.82) is 0 Å². The van der Waals surface area contributed by atoms with Crippen molar-refractivity contribution in [3.05, 3.63) is 0 Å². The van der Waals surface area contributed by atoms with Crippen molar-refractivity contribution in [3.63, 3.8) is 0 Å². The molecule has 0 heterocycles. The van der Waals surface area contributed by atoms with Gasteiger partial charge in [0, 0.05) is 11.8 Å². The minimum Gasteiger partial charge on any atom is -0.162 e. The van der Waals surface area contributed by atoms with Gasteiger partial charge in [-0.15, -0.1) is 23.2 Å². The highest BCUT2D eigenvalue weighted by Gasteiger charge is 1.87. The number of thioether (sulfide) groups is 1. The maximum atomic E-state index is 5.47. The van der Waals surface area contributed by atoms with E-state index in [0.29, 0.717) is 0 Å². The molecule has 0 aliphatic carbocycles. The van der Waals surface area contributed by atoms with Gasteiger partial charge < -0.3 is 0 Å². The van der Waals surface area contributed by atoms with Crippen molar-refractivity contribution in [2.24, 2.45) is 0 Å². The number of hydrogen-bond acceptors (Lipinski definition) is 1. The van der Waals surface area contributed by atoms with Crippen LogP contribution < -0.4 is 0 Å². The summed E-state index contributed by atoms with van der Waals surface area (Å²) in [5, 5.41) is 0. The quantitative estimate of drug-likeness (QED) is 0.455. The van der Waals surface area contributed by atoms with Crippen LogP contribution in [-0.2, 0) is 0 Å². The smallest absolute Gasteiger partial charge is 0.0231 e. The Kier molecular flexibility index (Phi) is 9.85. The zero-order valence-corrected chi connectivity index (χ0v) is 7.74. The molecule has 0 saturated heterocycles. The van der Waals surface area contributed by atoms with Crippen molar-refractivity contribution in [3.8, 4) is 0 Å². The van der Waals surface area contributed by atoms with E-state index in [0.717, 1.165) is 24.6 Å². The second-order valence-corrected chi connectivity index (χ2v) is 3.68. The third-order valence-corrected chi connectivity index (χ3v) is 2.53. The predicted octanol–water partition coefficient (Wildman–Crippen LogP) is 2.98. The van der Waals surface area contributed by atoms with Crippen LogP contribution in [0.1, 0.15) is 12.8 Å². The van der Waals surface area contributed by atoms with Crippen LogP contribution in [0.15, 0.2) is 0 Å². The highest BCUT2D eigenvalue weighted by atomic mass is 35.5. The molecule has 0 radical (unpaired) electrons. The molecular formula is C6H12Cl2S. The minimum atomic E-state index is 0.786. The summed E-state index contributed by atoms with van der Waals surface area (Å²) in [6.07, 6.45) is 2.24. The van der Waals surface area contributed by atoms with Crippen molar-refractivity contribution >= 4 is 35.0 Å². The van der Waals surface area contributed by atoms with Gasteiger partial charge >= 0.3 is 0 Å². The van der Waals surface area contributed by atoms with Crippen molar-refractivity contribution in [2.75, 3.05) is 23.3 Å². The first-order chi connectivity index (χ1) is 4.41. The Labute approximate surface area is 71.3 Å². The Hall–Kier alpha value is 0.930. The lowest BCUT2D eigenvalue weighted by Gasteiger charge is -1.95. The molecule has 0 aromatic carbocycles. The first-order valence-electron chi connectivity index (χ1n) is 3.11. The summed E-state index contributed by atoms with van der Waals surface area (Å²) in [4.78, 5) is 0. The van der Waals surface area contributed by atoms with Gasteiger partial charge in [-0.25, -0.2) is 0 Å². The topological polar surface area (TPSA) is 0 Å². The van der Waals surface area contributed by atoms with E-state index in [1.54, 1.807) is 0 Å². The molecule has 0 aliphatic heterocycles. The molecule has 0 N–H and O–H groups in total. The summed E-state index contributed by atoms with van der Waals surface area (Å²) in [7, 11) is 0. The molecule has 0 bridgehead atoms. The molecule has 0 unspecified atom stereocenters. The summed E-state index contributed by atoms with van der Waals surface area (Å²) >= 11 is 12.9. The average molecular weight is 187 g/mol. The van der Waals surface area contributed by atoms with Gasteiger partial charge in [0.1, 0.15) is 0 Å². The van der Waals surface area contributed by atoms with E-state index in [4.69, 9.17) is 23.2 Å². The molecule has 0 aromatic heterocycles. The summed E-state index contributed by atoms with van der Waals surface area (Å²) in [6.45, 7) is 0. The molecule has 0 atom stereocenters. The van der Waals surface area contributed by atoms with Crippen LogP contribution in [0.3, 0.4) is 0 Å². The highest BCUT2D eigenvalue weighted by Crippen LogP contribution is 2.05. The predicted molar refractivity (Wildman–Crippen MR) is 48.0 cm³/mol. The fraction of sp³-hybridized carbons (Fsp3) is 1.00. The van der Waals surface area contributed by atoms with Gasteiger partial charge in [-0.2, -0.15) is 11.8 Å². The number of alkyl halides is 2. The summed E-state index contributed by atoms with van der Waals surface area (Å²) in [5.74, 6) is 3.93. The Balaban J connectivity index is 2.60. The van der Waals surface area contributed by atoms with E-state index in [1.807, 2.05) is 11.8 Å². The maximum Gasteiger partial charge on any atom is 0.0231 e. The van der Waals surface area contributed by atoms with Crippen LogP contribution in [0, 0.1) is 0 Å². The van der Waals surface area contributed by atoms with Crippen LogP contribution in [0.2, 0.25) is 0 Å². The van der Waals surface area contributed by atoms with E-state index in [1.165, 1.54) is 11.5 Å². The molecule has 0 aliphatic rings. The molecule has 0 fully saturated rings. The lowest BCUT2D eigenvalue weighted by Crippen LogP contribution is -1.85. The molecule has 56 valence electrons. The summed E-state index contributed by atoms with van der Waals surface area (Å²) < 4.78 is 0. The van der Waals surface area contributed by atoms with Gasteiger partial charge in [-0.1, -0.05) is 0 Å². The second kappa shape index (κ2) is 8.93. The minimum absolute atomic E-state index is 0.786. The van der Waals surface area contributed by atoms with Crippen LogP contribution in [-0.4, -0.2) is 23.3 Å². The standard InChI is InChI=1S/C6H12Cl2S/c7-3-1-5-9-6-2-4-8/h1-6H2. The Bertz CT molecular complexity index is 44.3. The van der Waals surface area contributed by atoms with Crippen LogP contribution in [0.5, 0.6) is 0 Å². The van der Waals surface area contributed by atoms with Crippen LogP contribution in [0.25, 0.3) is 0 Å². The zero-order chi connectivity index (χ0) is 6.95. The molecule has 0 amide bonds. The third kappa shape index (κ3) is 8.93. The van der Waals surface area contributed by atoms with E-state index in [9.17, 15) is 0 Å². The first kappa shape index (κ1) is 9.93. The zero-order valence-electron chi connectivity index (χ0n) is 5.41. The largest absolute Gasteiger partial charge is 0.162 e. The van der Waals surface area contributed by atoms with Gasteiger partial charge in [0.15, 0.2) is 0 Å². The highest BCUT2D eigenvalue weighted by molar-refractivity contribution is 7.99. The SMILES string of the molecule is ClCCCSCCCCl. The Morgan fingerprint density at radius 1 is 0.889 bits per heavy atom. The number of rotatable bonds is 6. The Morgan fingerprint density at radius 2 is 1.33 bits per heavy atom. The normalized spacial score (nSPS) is 10.0.